The minimum Gasteiger partial charge on any atom is -0.510 e. The minimum absolute atomic E-state index is 0.0180. The number of Topliss-reactive ketones (excluding diaryl/α,β-unsaturated/α-hetero) is 3. The first-order valence-corrected chi connectivity index (χ1v) is 11.3. The Morgan fingerprint density at radius 2 is 1.83 bits per heavy atom. The summed E-state index contributed by atoms with van der Waals surface area (Å²) in [5.74, 6) is -7.59. The Balaban J connectivity index is 2.00. The lowest BCUT2D eigenvalue weighted by Gasteiger charge is -2.50. The van der Waals surface area contributed by atoms with Gasteiger partial charge in [0.05, 0.1) is 17.2 Å². The highest BCUT2D eigenvalue weighted by molar-refractivity contribution is 6.25. The second-order valence-corrected chi connectivity index (χ2v) is 9.66. The van der Waals surface area contributed by atoms with E-state index < -0.39 is 69.6 Å². The van der Waals surface area contributed by atoms with Crippen molar-refractivity contribution in [2.45, 2.75) is 44.8 Å². The summed E-state index contributed by atoms with van der Waals surface area (Å²) in [4.78, 5) is 52.5. The Morgan fingerprint density at radius 3 is 2.34 bits per heavy atom. The first kappa shape index (κ1) is 24.6. The van der Waals surface area contributed by atoms with Crippen LogP contribution in [0, 0.1) is 11.8 Å². The van der Waals surface area contributed by atoms with E-state index in [1.165, 1.54) is 11.8 Å². The maximum atomic E-state index is 13.7. The Morgan fingerprint density at radius 1 is 1.20 bits per heavy atom. The molecule has 0 saturated heterocycles. The Bertz CT molecular complexity index is 1270. The SMILES string of the molecule is CCc1cc(C(C)=O)c(O)c2c1CC1CC3C(N(C)C)C(O)=C(C(N)=O)C(=O)C3(O)C(O)=C1C2=O. The van der Waals surface area contributed by atoms with Gasteiger partial charge in [-0.15, -0.1) is 0 Å². The number of aromatic hydroxyl groups is 1. The number of hydrogen-bond acceptors (Lipinski definition) is 9. The monoisotopic (exact) mass is 484 g/mol. The molecule has 0 saturated carbocycles. The molecule has 10 nitrogen and oxygen atoms in total. The molecular formula is C25H28N2O8. The van der Waals surface area contributed by atoms with Gasteiger partial charge in [-0.25, -0.2) is 0 Å². The molecule has 3 aliphatic carbocycles. The number of carbonyl (C=O) groups is 4. The second kappa shape index (κ2) is 8.03. The van der Waals surface area contributed by atoms with Crippen LogP contribution in [-0.2, 0) is 22.4 Å². The predicted octanol–water partition coefficient (Wildman–Crippen LogP) is 0.886. The highest BCUT2D eigenvalue weighted by atomic mass is 16.3. The van der Waals surface area contributed by atoms with Gasteiger partial charge < -0.3 is 26.2 Å². The summed E-state index contributed by atoms with van der Waals surface area (Å²) in [5.41, 5.74) is 2.58. The number of benzene rings is 1. The number of hydrogen-bond donors (Lipinski definition) is 5. The molecule has 1 amide bonds. The van der Waals surface area contributed by atoms with E-state index in [0.29, 0.717) is 17.5 Å². The molecule has 6 N–H and O–H groups in total. The van der Waals surface area contributed by atoms with Crippen molar-refractivity contribution in [3.05, 3.63) is 51.0 Å². The highest BCUT2D eigenvalue weighted by Crippen LogP contribution is 2.52. The van der Waals surface area contributed by atoms with Crippen molar-refractivity contribution >= 4 is 23.3 Å². The molecule has 0 heterocycles. The van der Waals surface area contributed by atoms with Gasteiger partial charge in [-0.1, -0.05) is 6.92 Å². The van der Waals surface area contributed by atoms with Crippen LogP contribution in [0.5, 0.6) is 5.75 Å². The first-order chi connectivity index (χ1) is 16.3. The quantitative estimate of drug-likeness (QED) is 0.306. The molecule has 1 aromatic rings. The molecule has 0 radical (unpaired) electrons. The van der Waals surface area contributed by atoms with Gasteiger partial charge in [0.15, 0.2) is 17.2 Å². The van der Waals surface area contributed by atoms with Crippen LogP contribution < -0.4 is 5.73 Å². The number of nitrogens with zero attached hydrogens (tertiary/aromatic N) is 1. The van der Waals surface area contributed by atoms with E-state index in [2.05, 4.69) is 0 Å². The molecule has 0 bridgehead atoms. The van der Waals surface area contributed by atoms with Crippen LogP contribution in [-0.4, -0.2) is 74.3 Å². The summed E-state index contributed by atoms with van der Waals surface area (Å²) in [5, 5.41) is 44.4. The molecule has 4 atom stereocenters. The summed E-state index contributed by atoms with van der Waals surface area (Å²) in [6.45, 7) is 3.10. The fraction of sp³-hybridized carbons (Fsp3) is 0.440. The van der Waals surface area contributed by atoms with Crippen LogP contribution >= 0.6 is 0 Å². The second-order valence-electron chi connectivity index (χ2n) is 9.66. The van der Waals surface area contributed by atoms with Crippen LogP contribution in [0.1, 0.15) is 52.1 Å². The highest BCUT2D eigenvalue weighted by Gasteiger charge is 2.63. The Hall–Kier alpha value is -3.50. The normalized spacial score (nSPS) is 28.1. The molecule has 10 heteroatoms. The molecule has 3 aliphatic rings. The molecule has 1 aromatic carbocycles. The number of allylic oxidation sites excluding steroid dienone is 1. The van der Waals surface area contributed by atoms with Crippen molar-refractivity contribution in [3.8, 4) is 5.75 Å². The minimum atomic E-state index is -2.69. The standard InChI is InChI=1S/C25H28N2O8/c1-5-10-6-12(9(2)28)19(29)16-13(10)7-11-8-14-18(27(3)4)21(31)17(24(26)34)23(33)25(14,35)22(32)15(11)20(16)30/h6,11,14,18,29,31-32,35H,5,7-8H2,1-4H3,(H2,26,34). The number of aryl methyl sites for hydroxylation is 1. The molecule has 4 unspecified atom stereocenters. The molecule has 0 spiro atoms. The fourth-order valence-electron chi connectivity index (χ4n) is 5.98. The van der Waals surface area contributed by atoms with Crippen molar-refractivity contribution < 1.29 is 39.6 Å². The van der Waals surface area contributed by atoms with Crippen LogP contribution in [0.4, 0.5) is 0 Å². The van der Waals surface area contributed by atoms with Crippen LogP contribution in [0.15, 0.2) is 28.7 Å². The number of rotatable bonds is 4. The number of fused-ring (bicyclic) bond motifs is 3. The van der Waals surface area contributed by atoms with Crippen molar-refractivity contribution in [3.63, 3.8) is 0 Å². The number of nitrogens with two attached hydrogens (primary N) is 1. The van der Waals surface area contributed by atoms with Crippen molar-refractivity contribution in [2.75, 3.05) is 14.1 Å². The smallest absolute Gasteiger partial charge is 0.255 e. The van der Waals surface area contributed by atoms with E-state index in [0.717, 1.165) is 0 Å². The molecule has 0 aromatic heterocycles. The lowest BCUT2D eigenvalue weighted by molar-refractivity contribution is -0.148. The van der Waals surface area contributed by atoms with Crippen molar-refractivity contribution in [1.29, 1.82) is 0 Å². The Kier molecular flexibility index (Phi) is 5.65. The average Bonchev–Trinajstić information content (AvgIpc) is 2.75. The van der Waals surface area contributed by atoms with E-state index in [4.69, 9.17) is 5.73 Å². The average molecular weight is 485 g/mol. The van der Waals surface area contributed by atoms with Gasteiger partial charge in [0, 0.05) is 11.5 Å². The maximum Gasteiger partial charge on any atom is 0.255 e. The van der Waals surface area contributed by atoms with Gasteiger partial charge in [-0.3, -0.25) is 24.1 Å². The number of ketones is 3. The zero-order valence-corrected chi connectivity index (χ0v) is 19.9. The van der Waals surface area contributed by atoms with Crippen LogP contribution in [0.3, 0.4) is 0 Å². The number of likely N-dealkylation sites (N-methyl/N-ethyl adjacent to an activating group) is 1. The number of primary amides is 1. The van der Waals surface area contributed by atoms with Gasteiger partial charge in [-0.2, -0.15) is 0 Å². The maximum absolute atomic E-state index is 13.7. The third-order valence-electron chi connectivity index (χ3n) is 7.58. The summed E-state index contributed by atoms with van der Waals surface area (Å²) in [7, 11) is 3.15. The van der Waals surface area contributed by atoms with E-state index >= 15 is 0 Å². The van der Waals surface area contributed by atoms with E-state index in [1.807, 2.05) is 6.92 Å². The predicted molar refractivity (Wildman–Crippen MR) is 123 cm³/mol. The lowest BCUT2D eigenvalue weighted by Crippen LogP contribution is -2.63. The largest absolute Gasteiger partial charge is 0.510 e. The molecule has 0 aliphatic heterocycles. The number of amides is 1. The lowest BCUT2D eigenvalue weighted by atomic mass is 9.58. The zero-order chi connectivity index (χ0) is 26.1. The third kappa shape index (κ3) is 3.16. The van der Waals surface area contributed by atoms with Crippen molar-refractivity contribution in [1.82, 2.24) is 4.90 Å². The third-order valence-corrected chi connectivity index (χ3v) is 7.58. The summed E-state index contributed by atoms with van der Waals surface area (Å²) in [6.07, 6.45) is 0.694. The molecule has 4 rings (SSSR count). The van der Waals surface area contributed by atoms with Gasteiger partial charge in [-0.05, 0) is 63.4 Å². The van der Waals surface area contributed by atoms with Gasteiger partial charge in [0.25, 0.3) is 5.91 Å². The number of carbonyl (C=O) groups excluding carboxylic acids is 4. The van der Waals surface area contributed by atoms with E-state index in [1.54, 1.807) is 20.2 Å². The number of phenols is 1. The summed E-state index contributed by atoms with van der Waals surface area (Å²) >= 11 is 0. The number of aliphatic hydroxyl groups is 3. The molecular weight excluding hydrogens is 456 g/mol. The van der Waals surface area contributed by atoms with Crippen LogP contribution in [0.25, 0.3) is 0 Å². The van der Waals surface area contributed by atoms with Gasteiger partial charge in [0.2, 0.25) is 5.78 Å². The van der Waals surface area contributed by atoms with Gasteiger partial charge >= 0.3 is 0 Å². The molecule has 186 valence electrons. The zero-order valence-electron chi connectivity index (χ0n) is 19.9. The molecule has 35 heavy (non-hydrogen) atoms. The topological polar surface area (TPSA) is 178 Å². The number of phenolic OH excluding ortho intramolecular Hbond substituents is 1. The van der Waals surface area contributed by atoms with Crippen LogP contribution in [0.2, 0.25) is 0 Å². The van der Waals surface area contributed by atoms with E-state index in [-0.39, 0.29) is 29.5 Å². The number of aliphatic hydroxyl groups excluding tert-OH is 2. The summed E-state index contributed by atoms with van der Waals surface area (Å²) in [6, 6.07) is 0.511. The molecule has 0 fully saturated rings. The summed E-state index contributed by atoms with van der Waals surface area (Å²) < 4.78 is 0. The van der Waals surface area contributed by atoms with E-state index in [9.17, 15) is 39.6 Å². The first-order valence-electron chi connectivity index (χ1n) is 11.3. The Labute approximate surface area is 201 Å². The van der Waals surface area contributed by atoms with Crippen molar-refractivity contribution in [2.24, 2.45) is 17.6 Å². The fourth-order valence-corrected chi connectivity index (χ4v) is 5.98. The van der Waals surface area contributed by atoms with Gasteiger partial charge in [0.1, 0.15) is 22.8 Å².